The monoisotopic (exact) mass is 285 g/mol. The highest BCUT2D eigenvalue weighted by Crippen LogP contribution is 2.22. The number of nitrogens with one attached hydrogen (secondary N) is 1. The highest BCUT2D eigenvalue weighted by Gasteiger charge is 2.18. The molecule has 0 aliphatic rings. The summed E-state index contributed by atoms with van der Waals surface area (Å²) in [7, 11) is 0. The number of carboxylic acids is 2. The van der Waals surface area contributed by atoms with Gasteiger partial charge in [0.05, 0.1) is 23.5 Å². The van der Waals surface area contributed by atoms with E-state index in [1.807, 2.05) is 0 Å². The Bertz CT molecular complexity index is 752. The molecule has 1 heterocycles. The van der Waals surface area contributed by atoms with Crippen molar-refractivity contribution in [3.8, 4) is 0 Å². The second-order valence-corrected chi connectivity index (χ2v) is 3.98. The van der Waals surface area contributed by atoms with Crippen LogP contribution in [-0.2, 0) is 0 Å². The fourth-order valence-corrected chi connectivity index (χ4v) is 1.85. The van der Waals surface area contributed by atoms with E-state index in [2.05, 4.69) is 15.4 Å². The molecule has 3 aromatic rings. The third kappa shape index (κ3) is 3.21. The van der Waals surface area contributed by atoms with E-state index in [9.17, 15) is 9.59 Å². The maximum atomic E-state index is 11.1. The summed E-state index contributed by atoms with van der Waals surface area (Å²) in [4.78, 5) is 22.0. The van der Waals surface area contributed by atoms with E-state index in [0.29, 0.717) is 10.8 Å². The van der Waals surface area contributed by atoms with E-state index in [1.54, 1.807) is 42.7 Å². The summed E-state index contributed by atoms with van der Waals surface area (Å²) >= 11 is 0. The van der Waals surface area contributed by atoms with Crippen molar-refractivity contribution in [3.05, 3.63) is 59.9 Å². The van der Waals surface area contributed by atoms with Crippen LogP contribution in [0.25, 0.3) is 10.8 Å². The topological polar surface area (TPSA) is 116 Å². The number of aromatic amines is 1. The van der Waals surface area contributed by atoms with Crippen LogP contribution in [0.3, 0.4) is 0 Å². The molecule has 0 aliphatic heterocycles. The van der Waals surface area contributed by atoms with Crippen LogP contribution in [0.2, 0.25) is 0 Å². The van der Waals surface area contributed by atoms with E-state index in [1.165, 1.54) is 6.07 Å². The average molecular weight is 285 g/mol. The third-order valence-corrected chi connectivity index (χ3v) is 2.70. The van der Waals surface area contributed by atoms with Gasteiger partial charge in [-0.2, -0.15) is 15.4 Å². The number of H-pyrrole nitrogens is 1. The Labute approximate surface area is 118 Å². The molecule has 21 heavy (non-hydrogen) atoms. The van der Waals surface area contributed by atoms with Crippen LogP contribution in [0, 0.1) is 0 Å². The molecule has 0 aliphatic carbocycles. The van der Waals surface area contributed by atoms with Gasteiger partial charge in [-0.1, -0.05) is 30.3 Å². The Balaban J connectivity index is 0.000000272. The molecule has 0 fully saturated rings. The Morgan fingerprint density at radius 3 is 2.10 bits per heavy atom. The predicted molar refractivity (Wildman–Crippen MR) is 74.2 cm³/mol. The third-order valence-electron chi connectivity index (χ3n) is 2.70. The van der Waals surface area contributed by atoms with Crippen molar-refractivity contribution in [2.45, 2.75) is 0 Å². The van der Waals surface area contributed by atoms with E-state index in [4.69, 9.17) is 10.2 Å². The molecular formula is C14H11N3O4. The number of hydrogen-bond acceptors (Lipinski definition) is 4. The van der Waals surface area contributed by atoms with E-state index >= 15 is 0 Å². The summed E-state index contributed by atoms with van der Waals surface area (Å²) in [6.07, 6.45) is 3.17. The Morgan fingerprint density at radius 1 is 0.905 bits per heavy atom. The van der Waals surface area contributed by atoms with Gasteiger partial charge < -0.3 is 10.2 Å². The van der Waals surface area contributed by atoms with Gasteiger partial charge in [0.25, 0.3) is 0 Å². The molecule has 0 saturated heterocycles. The van der Waals surface area contributed by atoms with E-state index in [0.717, 1.165) is 0 Å². The Hall–Kier alpha value is -3.22. The molecular weight excluding hydrogens is 274 g/mol. The molecule has 0 unspecified atom stereocenters. The predicted octanol–water partition coefficient (Wildman–Crippen LogP) is 2.04. The smallest absolute Gasteiger partial charge is 0.337 e. The molecule has 0 amide bonds. The summed E-state index contributed by atoms with van der Waals surface area (Å²) < 4.78 is 0. The van der Waals surface area contributed by atoms with Crippen molar-refractivity contribution in [3.63, 3.8) is 0 Å². The number of fused-ring (bicyclic) bond motifs is 1. The van der Waals surface area contributed by atoms with Crippen molar-refractivity contribution >= 4 is 22.7 Å². The fraction of sp³-hybridized carbons (Fsp3) is 0. The van der Waals surface area contributed by atoms with Gasteiger partial charge in [0.1, 0.15) is 0 Å². The lowest BCUT2D eigenvalue weighted by Gasteiger charge is -2.05. The molecule has 0 radical (unpaired) electrons. The first-order valence-electron chi connectivity index (χ1n) is 5.89. The number of hydrogen-bond donors (Lipinski definition) is 3. The Kier molecular flexibility index (Phi) is 4.25. The standard InChI is InChI=1S/C12H8O4.C2H3N3/c13-11(14)9-6-5-7-3-1-2-4-8(7)10(9)12(15)16;1-2-4-5-3-1/h1-6H,(H,13,14)(H,15,16);1-2H,(H,3,4,5). The van der Waals surface area contributed by atoms with Gasteiger partial charge in [-0.25, -0.2) is 9.59 Å². The minimum Gasteiger partial charge on any atom is -0.478 e. The number of rotatable bonds is 2. The lowest BCUT2D eigenvalue weighted by molar-refractivity contribution is 0.0653. The van der Waals surface area contributed by atoms with Crippen molar-refractivity contribution in [1.82, 2.24) is 15.4 Å². The van der Waals surface area contributed by atoms with E-state index in [-0.39, 0.29) is 11.1 Å². The van der Waals surface area contributed by atoms with Crippen LogP contribution in [0.1, 0.15) is 20.7 Å². The second kappa shape index (κ2) is 6.29. The van der Waals surface area contributed by atoms with Crippen molar-refractivity contribution in [2.75, 3.05) is 0 Å². The molecule has 106 valence electrons. The molecule has 7 nitrogen and oxygen atoms in total. The van der Waals surface area contributed by atoms with Crippen LogP contribution >= 0.6 is 0 Å². The van der Waals surface area contributed by atoms with Gasteiger partial charge >= 0.3 is 11.9 Å². The van der Waals surface area contributed by atoms with Gasteiger partial charge in [0, 0.05) is 0 Å². The number of carboxylic acid groups (broad SMARTS) is 2. The quantitative estimate of drug-likeness (QED) is 0.663. The first-order chi connectivity index (χ1) is 10.1. The maximum Gasteiger partial charge on any atom is 0.337 e. The number of aromatic carboxylic acids is 2. The molecule has 0 atom stereocenters. The molecule has 0 saturated carbocycles. The van der Waals surface area contributed by atoms with Crippen LogP contribution < -0.4 is 0 Å². The molecule has 2 aromatic carbocycles. The summed E-state index contributed by atoms with van der Waals surface area (Å²) in [6.45, 7) is 0. The zero-order valence-electron chi connectivity index (χ0n) is 10.7. The molecule has 0 bridgehead atoms. The number of carbonyl (C=O) groups is 2. The molecule has 3 N–H and O–H groups in total. The largest absolute Gasteiger partial charge is 0.478 e. The van der Waals surface area contributed by atoms with Crippen LogP contribution in [0.15, 0.2) is 48.8 Å². The van der Waals surface area contributed by atoms with Gasteiger partial charge in [-0.05, 0) is 16.8 Å². The minimum atomic E-state index is -1.23. The zero-order valence-corrected chi connectivity index (χ0v) is 10.7. The average Bonchev–Trinajstić information content (AvgIpc) is 3.05. The lowest BCUT2D eigenvalue weighted by Crippen LogP contribution is -2.08. The Morgan fingerprint density at radius 2 is 1.57 bits per heavy atom. The van der Waals surface area contributed by atoms with Crippen LogP contribution in [0.5, 0.6) is 0 Å². The van der Waals surface area contributed by atoms with Crippen molar-refractivity contribution < 1.29 is 19.8 Å². The fourth-order valence-electron chi connectivity index (χ4n) is 1.85. The minimum absolute atomic E-state index is 0.161. The van der Waals surface area contributed by atoms with Gasteiger partial charge in [-0.15, -0.1) is 0 Å². The van der Waals surface area contributed by atoms with Gasteiger partial charge in [0.15, 0.2) is 0 Å². The maximum absolute atomic E-state index is 11.1. The second-order valence-electron chi connectivity index (χ2n) is 3.98. The summed E-state index contributed by atoms with van der Waals surface area (Å²) in [5.74, 6) is -2.46. The van der Waals surface area contributed by atoms with Gasteiger partial charge in [0.2, 0.25) is 0 Å². The highest BCUT2D eigenvalue weighted by molar-refractivity contribution is 6.11. The summed E-state index contributed by atoms with van der Waals surface area (Å²) in [5, 5.41) is 28.4. The van der Waals surface area contributed by atoms with Crippen molar-refractivity contribution in [1.29, 1.82) is 0 Å². The first kappa shape index (κ1) is 14.2. The number of nitrogens with zero attached hydrogens (tertiary/aromatic N) is 2. The van der Waals surface area contributed by atoms with Gasteiger partial charge in [-0.3, -0.25) is 0 Å². The van der Waals surface area contributed by atoms with Crippen molar-refractivity contribution in [2.24, 2.45) is 0 Å². The highest BCUT2D eigenvalue weighted by atomic mass is 16.4. The number of benzene rings is 2. The lowest BCUT2D eigenvalue weighted by atomic mass is 9.99. The molecule has 1 aromatic heterocycles. The van der Waals surface area contributed by atoms with Crippen LogP contribution in [0.4, 0.5) is 0 Å². The zero-order chi connectivity index (χ0) is 15.2. The first-order valence-corrected chi connectivity index (χ1v) is 5.89. The SMILES string of the molecule is O=C(O)c1ccc2ccccc2c1C(=O)O.c1cn[nH]n1. The summed E-state index contributed by atoms with van der Waals surface area (Å²) in [5.41, 5.74) is -0.350. The molecule has 0 spiro atoms. The summed E-state index contributed by atoms with van der Waals surface area (Å²) in [6, 6.07) is 9.72. The normalized spacial score (nSPS) is 9.71. The number of aromatic nitrogens is 3. The molecule has 3 rings (SSSR count). The van der Waals surface area contributed by atoms with E-state index < -0.39 is 11.9 Å². The molecule has 7 heteroatoms. The van der Waals surface area contributed by atoms with Crippen LogP contribution in [-0.4, -0.2) is 37.6 Å².